The van der Waals surface area contributed by atoms with Crippen molar-refractivity contribution in [1.29, 1.82) is 0 Å². The lowest BCUT2D eigenvalue weighted by molar-refractivity contribution is -0.141. The van der Waals surface area contributed by atoms with Gasteiger partial charge in [-0.2, -0.15) is 0 Å². The maximum absolute atomic E-state index is 11.0. The fraction of sp³-hybridized carbons (Fsp3) is 0.412. The number of methoxy groups -OCH3 is 1. The molecule has 0 unspecified atom stereocenters. The molecule has 0 saturated heterocycles. The Morgan fingerprint density at radius 1 is 1.14 bits per heavy atom. The molecule has 5 heteroatoms. The first-order valence-electron chi connectivity index (χ1n) is 7.24. The van der Waals surface area contributed by atoms with Crippen molar-refractivity contribution < 1.29 is 23.8 Å². The van der Waals surface area contributed by atoms with E-state index in [0.29, 0.717) is 13.2 Å². The highest BCUT2D eigenvalue weighted by Crippen LogP contribution is 2.15. The van der Waals surface area contributed by atoms with E-state index >= 15 is 0 Å². The number of unbranched alkanes of at least 4 members (excludes halogenated alkanes) is 2. The highest BCUT2D eigenvalue weighted by Gasteiger charge is 1.98. The van der Waals surface area contributed by atoms with Crippen LogP contribution in [0.2, 0.25) is 0 Å². The lowest BCUT2D eigenvalue weighted by Gasteiger charge is -2.07. The van der Waals surface area contributed by atoms with Crippen molar-refractivity contribution in [1.82, 2.24) is 0 Å². The molecule has 0 fully saturated rings. The van der Waals surface area contributed by atoms with Gasteiger partial charge in [-0.3, -0.25) is 4.79 Å². The van der Waals surface area contributed by atoms with Crippen LogP contribution in [-0.4, -0.2) is 32.3 Å². The van der Waals surface area contributed by atoms with Crippen LogP contribution in [0.25, 0.3) is 6.08 Å². The second kappa shape index (κ2) is 10.4. The van der Waals surface area contributed by atoms with Crippen LogP contribution in [0.5, 0.6) is 5.75 Å². The molecule has 0 saturated carbocycles. The standard InChI is InChI=1S/C17H22O5/c1-14(18)21-11-4-3-5-12-22-16-8-6-7-15(13-16)9-10-17(19)20-2/h6-10,13H,3-5,11-12H2,1-2H3/b10-9+. The van der Waals surface area contributed by atoms with E-state index in [1.807, 2.05) is 24.3 Å². The van der Waals surface area contributed by atoms with Gasteiger partial charge in [0.05, 0.1) is 20.3 Å². The number of carbonyl (C=O) groups is 2. The summed E-state index contributed by atoms with van der Waals surface area (Å²) < 4.78 is 15.0. The Morgan fingerprint density at radius 2 is 1.91 bits per heavy atom. The molecule has 5 nitrogen and oxygen atoms in total. The molecule has 0 heterocycles. The van der Waals surface area contributed by atoms with E-state index in [2.05, 4.69) is 4.74 Å². The van der Waals surface area contributed by atoms with Crippen LogP contribution in [-0.2, 0) is 19.1 Å². The lowest BCUT2D eigenvalue weighted by atomic mass is 10.2. The first kappa shape index (κ1) is 17.8. The van der Waals surface area contributed by atoms with E-state index in [1.54, 1.807) is 6.08 Å². The third-order valence-corrected chi connectivity index (χ3v) is 2.83. The minimum atomic E-state index is -0.390. The third kappa shape index (κ3) is 8.09. The maximum atomic E-state index is 11.0. The van der Waals surface area contributed by atoms with Crippen LogP contribution in [0.4, 0.5) is 0 Å². The van der Waals surface area contributed by atoms with Gasteiger partial charge in [-0.15, -0.1) is 0 Å². The van der Waals surface area contributed by atoms with Gasteiger partial charge in [-0.05, 0) is 43.0 Å². The Kier molecular flexibility index (Phi) is 8.42. The third-order valence-electron chi connectivity index (χ3n) is 2.83. The monoisotopic (exact) mass is 306 g/mol. The summed E-state index contributed by atoms with van der Waals surface area (Å²) in [5, 5.41) is 0. The lowest BCUT2D eigenvalue weighted by Crippen LogP contribution is -2.02. The summed E-state index contributed by atoms with van der Waals surface area (Å²) in [5.74, 6) is 0.124. The Labute approximate surface area is 130 Å². The molecule has 1 rings (SSSR count). The van der Waals surface area contributed by atoms with Gasteiger partial charge in [0.15, 0.2) is 0 Å². The molecule has 0 aliphatic carbocycles. The fourth-order valence-corrected chi connectivity index (χ4v) is 1.73. The molecule has 1 aromatic rings. The molecule has 0 aliphatic heterocycles. The summed E-state index contributed by atoms with van der Waals surface area (Å²) in [7, 11) is 1.34. The average Bonchev–Trinajstić information content (AvgIpc) is 2.51. The fourth-order valence-electron chi connectivity index (χ4n) is 1.73. The number of hydrogen-bond acceptors (Lipinski definition) is 5. The summed E-state index contributed by atoms with van der Waals surface area (Å²) in [6.45, 7) is 2.47. The molecule has 0 atom stereocenters. The van der Waals surface area contributed by atoms with Crippen LogP contribution >= 0.6 is 0 Å². The predicted molar refractivity (Wildman–Crippen MR) is 83.5 cm³/mol. The number of benzene rings is 1. The molecular weight excluding hydrogens is 284 g/mol. The normalized spacial score (nSPS) is 10.5. The zero-order valence-electron chi connectivity index (χ0n) is 13.0. The molecule has 0 aromatic heterocycles. The predicted octanol–water partition coefficient (Wildman–Crippen LogP) is 2.99. The first-order valence-corrected chi connectivity index (χ1v) is 7.24. The van der Waals surface area contributed by atoms with Gasteiger partial charge >= 0.3 is 11.9 Å². The maximum Gasteiger partial charge on any atom is 0.330 e. The number of rotatable bonds is 9. The Bertz CT molecular complexity index is 508. The minimum absolute atomic E-state index is 0.243. The van der Waals surface area contributed by atoms with Gasteiger partial charge in [-0.25, -0.2) is 4.79 Å². The number of carbonyl (C=O) groups excluding carboxylic acids is 2. The second-order valence-electron chi connectivity index (χ2n) is 4.68. The number of hydrogen-bond donors (Lipinski definition) is 0. The van der Waals surface area contributed by atoms with Crippen molar-refractivity contribution in [2.75, 3.05) is 20.3 Å². The van der Waals surface area contributed by atoms with Crippen molar-refractivity contribution >= 4 is 18.0 Å². The average molecular weight is 306 g/mol. The van der Waals surface area contributed by atoms with Crippen LogP contribution in [0, 0.1) is 0 Å². The molecule has 1 aromatic carbocycles. The Balaban J connectivity index is 2.27. The van der Waals surface area contributed by atoms with E-state index in [4.69, 9.17) is 9.47 Å². The minimum Gasteiger partial charge on any atom is -0.494 e. The summed E-state index contributed by atoms with van der Waals surface area (Å²) >= 11 is 0. The van der Waals surface area contributed by atoms with Crippen molar-refractivity contribution in [3.63, 3.8) is 0 Å². The molecule has 0 aliphatic rings. The van der Waals surface area contributed by atoms with Crippen LogP contribution in [0.15, 0.2) is 30.3 Å². The molecule has 0 bridgehead atoms. The Morgan fingerprint density at radius 3 is 2.64 bits per heavy atom. The van der Waals surface area contributed by atoms with Crippen LogP contribution < -0.4 is 4.74 Å². The summed E-state index contributed by atoms with van der Waals surface area (Å²) in [6, 6.07) is 7.48. The van der Waals surface area contributed by atoms with E-state index in [-0.39, 0.29) is 11.9 Å². The van der Waals surface area contributed by atoms with Crippen molar-refractivity contribution in [2.45, 2.75) is 26.2 Å². The van der Waals surface area contributed by atoms with Crippen molar-refractivity contribution in [3.8, 4) is 5.75 Å². The molecule has 22 heavy (non-hydrogen) atoms. The zero-order chi connectivity index (χ0) is 16.2. The SMILES string of the molecule is COC(=O)/C=C/c1cccc(OCCCCCOC(C)=O)c1. The first-order chi connectivity index (χ1) is 10.6. The topological polar surface area (TPSA) is 61.8 Å². The molecule has 120 valence electrons. The largest absolute Gasteiger partial charge is 0.494 e. The molecular formula is C17H22O5. The highest BCUT2D eigenvalue weighted by atomic mass is 16.5. The summed E-state index contributed by atoms with van der Waals surface area (Å²) in [6.07, 6.45) is 5.72. The van der Waals surface area contributed by atoms with E-state index < -0.39 is 0 Å². The van der Waals surface area contributed by atoms with E-state index in [0.717, 1.165) is 30.6 Å². The highest BCUT2D eigenvalue weighted by molar-refractivity contribution is 5.86. The van der Waals surface area contributed by atoms with Gasteiger partial charge in [-0.1, -0.05) is 12.1 Å². The summed E-state index contributed by atoms with van der Waals surface area (Å²) in [4.78, 5) is 21.6. The van der Waals surface area contributed by atoms with Gasteiger partial charge in [0, 0.05) is 13.0 Å². The van der Waals surface area contributed by atoms with Gasteiger partial charge < -0.3 is 14.2 Å². The smallest absolute Gasteiger partial charge is 0.330 e. The van der Waals surface area contributed by atoms with Crippen LogP contribution in [0.3, 0.4) is 0 Å². The zero-order valence-corrected chi connectivity index (χ0v) is 13.0. The van der Waals surface area contributed by atoms with Crippen LogP contribution in [0.1, 0.15) is 31.7 Å². The van der Waals surface area contributed by atoms with Crippen molar-refractivity contribution in [2.24, 2.45) is 0 Å². The van der Waals surface area contributed by atoms with E-state index in [1.165, 1.54) is 20.1 Å². The van der Waals surface area contributed by atoms with Gasteiger partial charge in [0.25, 0.3) is 0 Å². The molecule has 0 amide bonds. The van der Waals surface area contributed by atoms with Gasteiger partial charge in [0.2, 0.25) is 0 Å². The molecule has 0 radical (unpaired) electrons. The van der Waals surface area contributed by atoms with Gasteiger partial charge in [0.1, 0.15) is 5.75 Å². The van der Waals surface area contributed by atoms with Crippen molar-refractivity contribution in [3.05, 3.63) is 35.9 Å². The Hall–Kier alpha value is -2.30. The quantitative estimate of drug-likeness (QED) is 0.399. The molecule has 0 N–H and O–H groups in total. The summed E-state index contributed by atoms with van der Waals surface area (Å²) in [5.41, 5.74) is 0.873. The number of esters is 2. The second-order valence-corrected chi connectivity index (χ2v) is 4.68. The number of ether oxygens (including phenoxy) is 3. The molecule has 0 spiro atoms. The van der Waals surface area contributed by atoms with E-state index in [9.17, 15) is 9.59 Å².